The lowest BCUT2D eigenvalue weighted by Gasteiger charge is -2.39. The van der Waals surface area contributed by atoms with Gasteiger partial charge in [0.25, 0.3) is 0 Å². The van der Waals surface area contributed by atoms with Crippen LogP contribution in [0.3, 0.4) is 0 Å². The van der Waals surface area contributed by atoms with Crippen LogP contribution in [-0.4, -0.2) is 60.5 Å². The van der Waals surface area contributed by atoms with Gasteiger partial charge in [-0.25, -0.2) is 0 Å². The van der Waals surface area contributed by atoms with Crippen LogP contribution < -0.4 is 5.32 Å². The van der Waals surface area contributed by atoms with E-state index in [0.717, 1.165) is 52.0 Å². The highest BCUT2D eigenvalue weighted by atomic mass is 16.2. The third-order valence-corrected chi connectivity index (χ3v) is 3.98. The Kier molecular flexibility index (Phi) is 7.56. The molecule has 0 aromatic carbocycles. The molecule has 1 amide bonds. The van der Waals surface area contributed by atoms with Gasteiger partial charge in [-0.15, -0.1) is 0 Å². The molecule has 0 saturated carbocycles. The molecule has 114 valence electrons. The number of nitrogens with one attached hydrogen (secondary N) is 1. The van der Waals surface area contributed by atoms with Crippen molar-refractivity contribution in [3.8, 4) is 6.07 Å². The lowest BCUT2D eigenvalue weighted by atomic mass is 10.1. The zero-order valence-corrected chi connectivity index (χ0v) is 13.1. The van der Waals surface area contributed by atoms with E-state index < -0.39 is 0 Å². The highest BCUT2D eigenvalue weighted by Crippen LogP contribution is 2.12. The van der Waals surface area contributed by atoms with Gasteiger partial charge in [0.1, 0.15) is 0 Å². The SMILES string of the molecule is CCCNC(=O)C(C)N1CCN(C(C#N)CCC)CC1. The highest BCUT2D eigenvalue weighted by Gasteiger charge is 2.28. The average molecular weight is 280 g/mol. The Morgan fingerprint density at radius 2 is 1.80 bits per heavy atom. The summed E-state index contributed by atoms with van der Waals surface area (Å²) in [6.07, 6.45) is 2.93. The lowest BCUT2D eigenvalue weighted by Crippen LogP contribution is -2.55. The van der Waals surface area contributed by atoms with E-state index in [0.29, 0.717) is 0 Å². The van der Waals surface area contributed by atoms with Crippen molar-refractivity contribution in [1.82, 2.24) is 15.1 Å². The second-order valence-electron chi connectivity index (χ2n) is 5.47. The second kappa shape index (κ2) is 8.93. The quantitative estimate of drug-likeness (QED) is 0.761. The van der Waals surface area contributed by atoms with Gasteiger partial charge in [0, 0.05) is 32.7 Å². The van der Waals surface area contributed by atoms with Crippen LogP contribution in [0, 0.1) is 11.3 Å². The monoisotopic (exact) mass is 280 g/mol. The number of carbonyl (C=O) groups is 1. The maximum absolute atomic E-state index is 12.0. The maximum atomic E-state index is 12.0. The van der Waals surface area contributed by atoms with Crippen molar-refractivity contribution >= 4 is 5.91 Å². The predicted molar refractivity (Wildman–Crippen MR) is 80.2 cm³/mol. The van der Waals surface area contributed by atoms with Gasteiger partial charge in [0.05, 0.1) is 18.2 Å². The van der Waals surface area contributed by atoms with E-state index in [-0.39, 0.29) is 18.0 Å². The Bertz CT molecular complexity index is 331. The first kappa shape index (κ1) is 16.9. The molecule has 2 atom stereocenters. The minimum Gasteiger partial charge on any atom is -0.355 e. The molecule has 1 fully saturated rings. The summed E-state index contributed by atoms with van der Waals surface area (Å²) in [5.41, 5.74) is 0. The molecule has 1 aliphatic rings. The fourth-order valence-electron chi connectivity index (χ4n) is 2.60. The van der Waals surface area contributed by atoms with Gasteiger partial charge >= 0.3 is 0 Å². The van der Waals surface area contributed by atoms with Crippen molar-refractivity contribution in [2.75, 3.05) is 32.7 Å². The number of amides is 1. The molecule has 0 aliphatic carbocycles. The van der Waals surface area contributed by atoms with Crippen molar-refractivity contribution in [2.45, 2.75) is 52.1 Å². The van der Waals surface area contributed by atoms with Crippen molar-refractivity contribution < 1.29 is 4.79 Å². The Hall–Kier alpha value is -1.12. The summed E-state index contributed by atoms with van der Waals surface area (Å²) >= 11 is 0. The first-order chi connectivity index (χ1) is 9.63. The first-order valence-electron chi connectivity index (χ1n) is 7.79. The van der Waals surface area contributed by atoms with Crippen LogP contribution in [0.5, 0.6) is 0 Å². The summed E-state index contributed by atoms with van der Waals surface area (Å²) in [6.45, 7) is 10.4. The molecule has 20 heavy (non-hydrogen) atoms. The maximum Gasteiger partial charge on any atom is 0.237 e. The predicted octanol–water partition coefficient (Wildman–Crippen LogP) is 1.21. The van der Waals surface area contributed by atoms with Crippen LogP contribution in [0.15, 0.2) is 0 Å². The number of hydrogen-bond acceptors (Lipinski definition) is 4. The van der Waals surface area contributed by atoms with E-state index in [1.165, 1.54) is 0 Å². The molecule has 1 heterocycles. The third-order valence-electron chi connectivity index (χ3n) is 3.98. The van der Waals surface area contributed by atoms with Crippen molar-refractivity contribution in [3.05, 3.63) is 0 Å². The zero-order valence-electron chi connectivity index (χ0n) is 13.1. The van der Waals surface area contributed by atoms with Crippen LogP contribution in [0.25, 0.3) is 0 Å². The normalized spacial score (nSPS) is 20.1. The zero-order chi connectivity index (χ0) is 15.0. The molecule has 2 unspecified atom stereocenters. The number of nitrogens with zero attached hydrogens (tertiary/aromatic N) is 3. The van der Waals surface area contributed by atoms with Gasteiger partial charge in [-0.3, -0.25) is 14.6 Å². The Labute approximate surface area is 122 Å². The van der Waals surface area contributed by atoms with Crippen LogP contribution in [0.2, 0.25) is 0 Å². The number of carbonyl (C=O) groups excluding carboxylic acids is 1. The van der Waals surface area contributed by atoms with Gasteiger partial charge in [0.15, 0.2) is 0 Å². The fraction of sp³-hybridized carbons (Fsp3) is 0.867. The third kappa shape index (κ3) is 4.77. The second-order valence-corrected chi connectivity index (χ2v) is 5.47. The summed E-state index contributed by atoms with van der Waals surface area (Å²) in [4.78, 5) is 16.4. The van der Waals surface area contributed by atoms with Gasteiger partial charge in [-0.1, -0.05) is 20.3 Å². The van der Waals surface area contributed by atoms with E-state index in [2.05, 4.69) is 35.0 Å². The average Bonchev–Trinajstić information content (AvgIpc) is 2.49. The molecular formula is C15H28N4O. The smallest absolute Gasteiger partial charge is 0.237 e. The molecule has 1 aliphatic heterocycles. The van der Waals surface area contributed by atoms with Crippen molar-refractivity contribution in [3.63, 3.8) is 0 Å². The van der Waals surface area contributed by atoms with E-state index in [4.69, 9.17) is 0 Å². The highest BCUT2D eigenvalue weighted by molar-refractivity contribution is 5.81. The van der Waals surface area contributed by atoms with Gasteiger partial charge in [0.2, 0.25) is 5.91 Å². The summed E-state index contributed by atoms with van der Waals surface area (Å²) in [5, 5.41) is 12.1. The molecule has 0 radical (unpaired) electrons. The van der Waals surface area contributed by atoms with Crippen molar-refractivity contribution in [2.24, 2.45) is 0 Å². The minimum atomic E-state index is -0.0737. The number of rotatable bonds is 7. The number of piperazine rings is 1. The molecule has 0 aromatic heterocycles. The van der Waals surface area contributed by atoms with Crippen LogP contribution >= 0.6 is 0 Å². The summed E-state index contributed by atoms with van der Waals surface area (Å²) < 4.78 is 0. The lowest BCUT2D eigenvalue weighted by molar-refractivity contribution is -0.126. The molecule has 1 rings (SSSR count). The molecule has 0 spiro atoms. The van der Waals surface area contributed by atoms with Crippen LogP contribution in [-0.2, 0) is 4.79 Å². The van der Waals surface area contributed by atoms with E-state index >= 15 is 0 Å². The van der Waals surface area contributed by atoms with Crippen molar-refractivity contribution in [1.29, 1.82) is 5.26 Å². The number of hydrogen-bond donors (Lipinski definition) is 1. The Morgan fingerprint density at radius 3 is 2.30 bits per heavy atom. The molecule has 1 saturated heterocycles. The van der Waals surface area contributed by atoms with E-state index in [1.807, 2.05) is 6.92 Å². The Balaban J connectivity index is 2.41. The Morgan fingerprint density at radius 1 is 1.20 bits per heavy atom. The largest absolute Gasteiger partial charge is 0.355 e. The molecule has 1 N–H and O–H groups in total. The molecular weight excluding hydrogens is 252 g/mol. The summed E-state index contributed by atoms with van der Waals surface area (Å²) in [7, 11) is 0. The van der Waals surface area contributed by atoms with Gasteiger partial charge < -0.3 is 5.32 Å². The van der Waals surface area contributed by atoms with Gasteiger partial charge in [-0.05, 0) is 19.8 Å². The standard InChI is InChI=1S/C15H28N4O/c1-4-6-14(12-16)19-10-8-18(9-11-19)13(3)15(20)17-7-5-2/h13-14H,4-11H2,1-3H3,(H,17,20). The molecule has 0 aromatic rings. The summed E-state index contributed by atoms with van der Waals surface area (Å²) in [5.74, 6) is 0.116. The molecule has 5 heteroatoms. The van der Waals surface area contributed by atoms with Crippen LogP contribution in [0.1, 0.15) is 40.0 Å². The molecule has 0 bridgehead atoms. The van der Waals surface area contributed by atoms with E-state index in [1.54, 1.807) is 0 Å². The summed E-state index contributed by atoms with van der Waals surface area (Å²) in [6, 6.07) is 2.36. The topological polar surface area (TPSA) is 59.4 Å². The first-order valence-corrected chi connectivity index (χ1v) is 7.79. The molecule has 5 nitrogen and oxygen atoms in total. The fourth-order valence-corrected chi connectivity index (χ4v) is 2.60. The number of nitriles is 1. The minimum absolute atomic E-state index is 0.0337. The van der Waals surface area contributed by atoms with E-state index in [9.17, 15) is 10.1 Å². The van der Waals surface area contributed by atoms with Gasteiger partial charge in [-0.2, -0.15) is 5.26 Å². The van der Waals surface area contributed by atoms with Crippen LogP contribution in [0.4, 0.5) is 0 Å².